The fraction of sp³-hybridized carbons (Fsp3) is 0.923. The maximum absolute atomic E-state index is 11.9. The van der Waals surface area contributed by atoms with E-state index in [1.54, 1.807) is 0 Å². The van der Waals surface area contributed by atoms with E-state index in [4.69, 9.17) is 5.73 Å². The molecule has 3 unspecified atom stereocenters. The third-order valence-electron chi connectivity index (χ3n) is 3.68. The average molecular weight is 242 g/mol. The highest BCUT2D eigenvalue weighted by Gasteiger charge is 2.27. The molecule has 0 radical (unpaired) electrons. The SMILES string of the molecule is CCCCC(N)C(=O)NC1CCCCC1CO. The highest BCUT2D eigenvalue weighted by molar-refractivity contribution is 5.81. The molecule has 0 spiro atoms. The lowest BCUT2D eigenvalue weighted by Crippen LogP contribution is -2.49. The number of hydrogen-bond acceptors (Lipinski definition) is 3. The van der Waals surface area contributed by atoms with Crippen LogP contribution in [0.2, 0.25) is 0 Å². The van der Waals surface area contributed by atoms with Gasteiger partial charge >= 0.3 is 0 Å². The predicted octanol–water partition coefficient (Wildman–Crippen LogP) is 1.17. The lowest BCUT2D eigenvalue weighted by molar-refractivity contribution is -0.124. The number of carbonyl (C=O) groups excluding carboxylic acids is 1. The van der Waals surface area contributed by atoms with Crippen molar-refractivity contribution in [2.24, 2.45) is 11.7 Å². The number of nitrogens with one attached hydrogen (secondary N) is 1. The number of carbonyl (C=O) groups is 1. The van der Waals surface area contributed by atoms with Crippen molar-refractivity contribution in [1.82, 2.24) is 5.32 Å². The zero-order valence-electron chi connectivity index (χ0n) is 10.8. The van der Waals surface area contributed by atoms with Crippen molar-refractivity contribution in [2.75, 3.05) is 6.61 Å². The monoisotopic (exact) mass is 242 g/mol. The van der Waals surface area contributed by atoms with Crippen LogP contribution in [0.4, 0.5) is 0 Å². The van der Waals surface area contributed by atoms with Crippen molar-refractivity contribution >= 4 is 5.91 Å². The summed E-state index contributed by atoms with van der Waals surface area (Å²) in [4.78, 5) is 11.9. The van der Waals surface area contributed by atoms with Gasteiger partial charge < -0.3 is 16.2 Å². The quantitative estimate of drug-likeness (QED) is 0.654. The summed E-state index contributed by atoms with van der Waals surface area (Å²) in [6, 6.07) is -0.273. The number of amides is 1. The van der Waals surface area contributed by atoms with E-state index < -0.39 is 6.04 Å². The van der Waals surface area contributed by atoms with E-state index in [1.807, 2.05) is 0 Å². The number of aliphatic hydroxyl groups is 1. The van der Waals surface area contributed by atoms with Gasteiger partial charge in [0.05, 0.1) is 6.04 Å². The molecule has 17 heavy (non-hydrogen) atoms. The third kappa shape index (κ3) is 4.64. The minimum absolute atomic E-state index is 0.0520. The number of rotatable bonds is 6. The molecule has 0 bridgehead atoms. The van der Waals surface area contributed by atoms with E-state index in [0.717, 1.165) is 44.9 Å². The first-order valence-corrected chi connectivity index (χ1v) is 6.85. The second-order valence-electron chi connectivity index (χ2n) is 5.09. The smallest absolute Gasteiger partial charge is 0.237 e. The van der Waals surface area contributed by atoms with Crippen LogP contribution in [0.3, 0.4) is 0 Å². The molecular formula is C13H26N2O2. The second-order valence-corrected chi connectivity index (χ2v) is 5.09. The Balaban J connectivity index is 2.37. The third-order valence-corrected chi connectivity index (χ3v) is 3.68. The lowest BCUT2D eigenvalue weighted by atomic mass is 9.85. The normalized spacial score (nSPS) is 26.5. The van der Waals surface area contributed by atoms with Crippen LogP contribution in [-0.4, -0.2) is 29.7 Å². The summed E-state index contributed by atoms with van der Waals surface area (Å²) in [5.41, 5.74) is 5.83. The van der Waals surface area contributed by atoms with Gasteiger partial charge in [0.25, 0.3) is 0 Å². The van der Waals surface area contributed by atoms with E-state index in [9.17, 15) is 9.90 Å². The van der Waals surface area contributed by atoms with Gasteiger partial charge in [0.1, 0.15) is 0 Å². The largest absolute Gasteiger partial charge is 0.396 e. The summed E-state index contributed by atoms with van der Waals surface area (Å²) in [5, 5.41) is 12.3. The number of unbranched alkanes of at least 4 members (excludes halogenated alkanes) is 1. The molecule has 1 fully saturated rings. The van der Waals surface area contributed by atoms with Crippen molar-refractivity contribution in [1.29, 1.82) is 0 Å². The van der Waals surface area contributed by atoms with Crippen molar-refractivity contribution in [3.05, 3.63) is 0 Å². The molecule has 1 aliphatic rings. The Bertz CT molecular complexity index is 233. The van der Waals surface area contributed by atoms with Crippen molar-refractivity contribution < 1.29 is 9.90 Å². The van der Waals surface area contributed by atoms with Gasteiger partial charge in [-0.3, -0.25) is 4.79 Å². The number of hydrogen-bond donors (Lipinski definition) is 3. The highest BCUT2D eigenvalue weighted by Crippen LogP contribution is 2.24. The molecule has 0 aliphatic heterocycles. The van der Waals surface area contributed by atoms with Crippen LogP contribution < -0.4 is 11.1 Å². The molecule has 0 aromatic rings. The topological polar surface area (TPSA) is 75.4 Å². The van der Waals surface area contributed by atoms with Gasteiger partial charge in [-0.05, 0) is 19.3 Å². The van der Waals surface area contributed by atoms with Gasteiger partial charge in [-0.2, -0.15) is 0 Å². The van der Waals surface area contributed by atoms with Gasteiger partial charge in [-0.15, -0.1) is 0 Å². The molecule has 1 rings (SSSR count). The standard InChI is InChI=1S/C13H26N2O2/c1-2-3-7-11(14)13(17)15-12-8-5-4-6-10(12)9-16/h10-12,16H,2-9,14H2,1H3,(H,15,17). The first-order valence-electron chi connectivity index (χ1n) is 6.85. The van der Waals surface area contributed by atoms with Crippen LogP contribution in [-0.2, 0) is 4.79 Å². The Labute approximate surface area is 104 Å². The number of aliphatic hydroxyl groups excluding tert-OH is 1. The molecule has 3 atom stereocenters. The molecule has 4 N–H and O–H groups in total. The Morgan fingerprint density at radius 2 is 2.18 bits per heavy atom. The van der Waals surface area contributed by atoms with Crippen molar-refractivity contribution in [3.8, 4) is 0 Å². The summed E-state index contributed by atoms with van der Waals surface area (Å²) in [6.07, 6.45) is 7.05. The fourth-order valence-electron chi connectivity index (χ4n) is 2.46. The molecule has 0 aromatic heterocycles. The maximum atomic E-state index is 11.9. The minimum Gasteiger partial charge on any atom is -0.396 e. The van der Waals surface area contributed by atoms with Crippen molar-refractivity contribution in [2.45, 2.75) is 64.0 Å². The first-order chi connectivity index (χ1) is 8.19. The van der Waals surface area contributed by atoms with Crippen LogP contribution >= 0.6 is 0 Å². The summed E-state index contributed by atoms with van der Waals surface area (Å²) in [6.45, 7) is 2.25. The Hall–Kier alpha value is -0.610. The molecule has 4 heteroatoms. The van der Waals surface area contributed by atoms with Gasteiger partial charge in [-0.25, -0.2) is 0 Å². The van der Waals surface area contributed by atoms with Crippen LogP contribution in [0.5, 0.6) is 0 Å². The minimum atomic E-state index is -0.392. The summed E-state index contributed by atoms with van der Waals surface area (Å²) in [5.74, 6) is 0.162. The summed E-state index contributed by atoms with van der Waals surface area (Å²) < 4.78 is 0. The van der Waals surface area contributed by atoms with Crippen LogP contribution in [0.15, 0.2) is 0 Å². The lowest BCUT2D eigenvalue weighted by Gasteiger charge is -2.31. The summed E-state index contributed by atoms with van der Waals surface area (Å²) in [7, 11) is 0. The number of nitrogens with two attached hydrogens (primary N) is 1. The van der Waals surface area contributed by atoms with Gasteiger partial charge in [0.2, 0.25) is 5.91 Å². The molecular weight excluding hydrogens is 216 g/mol. The van der Waals surface area contributed by atoms with Gasteiger partial charge in [0.15, 0.2) is 0 Å². The molecule has 1 aliphatic carbocycles. The van der Waals surface area contributed by atoms with Crippen LogP contribution in [0.25, 0.3) is 0 Å². The zero-order chi connectivity index (χ0) is 12.7. The molecule has 0 heterocycles. The molecule has 0 aromatic carbocycles. The Morgan fingerprint density at radius 1 is 1.47 bits per heavy atom. The first kappa shape index (κ1) is 14.5. The van der Waals surface area contributed by atoms with Crippen LogP contribution in [0.1, 0.15) is 51.9 Å². The van der Waals surface area contributed by atoms with Crippen LogP contribution in [0, 0.1) is 5.92 Å². The van der Waals surface area contributed by atoms with E-state index >= 15 is 0 Å². The van der Waals surface area contributed by atoms with Gasteiger partial charge in [-0.1, -0.05) is 32.6 Å². The molecule has 0 saturated heterocycles. The van der Waals surface area contributed by atoms with Gasteiger partial charge in [0, 0.05) is 18.6 Å². The predicted molar refractivity (Wildman–Crippen MR) is 68.5 cm³/mol. The molecule has 100 valence electrons. The van der Waals surface area contributed by atoms with E-state index in [0.29, 0.717) is 0 Å². The van der Waals surface area contributed by atoms with E-state index in [2.05, 4.69) is 12.2 Å². The van der Waals surface area contributed by atoms with E-state index in [1.165, 1.54) is 0 Å². The van der Waals surface area contributed by atoms with Crippen molar-refractivity contribution in [3.63, 3.8) is 0 Å². The molecule has 4 nitrogen and oxygen atoms in total. The fourth-order valence-corrected chi connectivity index (χ4v) is 2.46. The molecule has 1 saturated carbocycles. The Morgan fingerprint density at radius 3 is 2.82 bits per heavy atom. The zero-order valence-corrected chi connectivity index (χ0v) is 10.8. The van der Waals surface area contributed by atoms with E-state index in [-0.39, 0.29) is 24.5 Å². The summed E-state index contributed by atoms with van der Waals surface area (Å²) >= 11 is 0. The molecule has 1 amide bonds. The Kier molecular flexibility index (Phi) is 6.52. The highest BCUT2D eigenvalue weighted by atomic mass is 16.3. The maximum Gasteiger partial charge on any atom is 0.237 e. The average Bonchev–Trinajstić information content (AvgIpc) is 2.36. The second kappa shape index (κ2) is 7.67.